The van der Waals surface area contributed by atoms with Gasteiger partial charge in [0.15, 0.2) is 5.78 Å². The molecule has 0 saturated heterocycles. The molecule has 0 aromatic heterocycles. The van der Waals surface area contributed by atoms with Crippen molar-refractivity contribution >= 4 is 5.78 Å². The number of halogens is 2. The van der Waals surface area contributed by atoms with Gasteiger partial charge in [0.2, 0.25) is 0 Å². The van der Waals surface area contributed by atoms with Crippen LogP contribution < -0.4 is 11.3 Å². The number of alkyl halides is 2. The van der Waals surface area contributed by atoms with Gasteiger partial charge in [-0.2, -0.15) is 8.78 Å². The Morgan fingerprint density at radius 1 is 1.40 bits per heavy atom. The maximum atomic E-state index is 13.3. The zero-order chi connectivity index (χ0) is 12.2. The van der Waals surface area contributed by atoms with Gasteiger partial charge in [-0.3, -0.25) is 10.6 Å². The third-order valence-corrected chi connectivity index (χ3v) is 1.79. The van der Waals surface area contributed by atoms with E-state index in [9.17, 15) is 13.6 Å². The monoisotopic (exact) mass is 216 g/mol. The minimum Gasteiger partial charge on any atom is -0.321 e. The first-order chi connectivity index (χ1) is 6.73. The average molecular weight is 216 g/mol. The predicted molar refractivity (Wildman–Crippen MR) is 55.0 cm³/mol. The number of carbonyl (C=O) groups is 1. The number of carbonyl (C=O) groups excluding carboxylic acids is 1. The molecule has 0 saturated carbocycles. The molecule has 0 bridgehead atoms. The molecule has 0 unspecified atom stereocenters. The number of hydrogen-bond donors (Lipinski definition) is 2. The topological polar surface area (TPSA) is 55.1 Å². The fourth-order valence-electron chi connectivity index (χ4n) is 0.784. The number of nitrogens with one attached hydrogen (secondary N) is 1. The molecule has 0 amide bonds. The normalized spacial score (nSPS) is 12.2. The molecule has 0 radical (unpaired) electrons. The maximum Gasteiger partial charge on any atom is 0.293 e. The Morgan fingerprint density at radius 3 is 2.13 bits per heavy atom. The minimum absolute atomic E-state index is 0.124. The lowest BCUT2D eigenvalue weighted by Crippen LogP contribution is -2.27. The summed E-state index contributed by atoms with van der Waals surface area (Å²) in [5.41, 5.74) is 1.03. The number of hydrogen-bond acceptors (Lipinski definition) is 3. The van der Waals surface area contributed by atoms with Crippen LogP contribution in [0.1, 0.15) is 13.8 Å². The van der Waals surface area contributed by atoms with E-state index in [4.69, 9.17) is 5.84 Å². The van der Waals surface area contributed by atoms with Crippen LogP contribution in [-0.4, -0.2) is 11.7 Å². The fraction of sp³-hybridized carbons (Fsp3) is 0.300. The van der Waals surface area contributed by atoms with Crippen molar-refractivity contribution in [2.24, 2.45) is 5.84 Å². The van der Waals surface area contributed by atoms with Crippen LogP contribution in [0.2, 0.25) is 0 Å². The Bertz CT molecular complexity index is 332. The first kappa shape index (κ1) is 13.5. The standard InChI is InChI=1S/C10H14F2N2O/c1-6(2)10(11,12)7(3)5-9(14-13)8(4)15/h5,14H,1,3,13H2,2,4H3/b9-5-. The third kappa shape index (κ3) is 3.28. The van der Waals surface area contributed by atoms with Gasteiger partial charge in [0.1, 0.15) is 0 Å². The van der Waals surface area contributed by atoms with Crippen LogP contribution in [0.3, 0.4) is 0 Å². The lowest BCUT2D eigenvalue weighted by molar-refractivity contribution is -0.114. The van der Waals surface area contributed by atoms with Gasteiger partial charge in [-0.15, -0.1) is 0 Å². The second-order valence-electron chi connectivity index (χ2n) is 3.14. The van der Waals surface area contributed by atoms with Crippen molar-refractivity contribution in [3.63, 3.8) is 0 Å². The first-order valence-electron chi connectivity index (χ1n) is 4.16. The van der Waals surface area contributed by atoms with Crippen molar-refractivity contribution in [1.82, 2.24) is 5.43 Å². The molecule has 84 valence electrons. The number of hydrazine groups is 1. The quantitative estimate of drug-likeness (QED) is 0.242. The summed E-state index contributed by atoms with van der Waals surface area (Å²) in [5, 5.41) is 0. The van der Waals surface area contributed by atoms with Gasteiger partial charge in [0.05, 0.1) is 5.70 Å². The van der Waals surface area contributed by atoms with Crippen LogP contribution in [0, 0.1) is 0 Å². The van der Waals surface area contributed by atoms with Gasteiger partial charge in [0, 0.05) is 12.5 Å². The van der Waals surface area contributed by atoms with E-state index in [0.717, 1.165) is 6.08 Å². The third-order valence-electron chi connectivity index (χ3n) is 1.79. The molecule has 0 aromatic rings. The molecule has 15 heavy (non-hydrogen) atoms. The number of allylic oxidation sites excluding steroid dienone is 4. The van der Waals surface area contributed by atoms with Gasteiger partial charge in [-0.25, -0.2) is 0 Å². The molecule has 0 aliphatic rings. The summed E-state index contributed by atoms with van der Waals surface area (Å²) in [7, 11) is 0. The van der Waals surface area contributed by atoms with Crippen LogP contribution >= 0.6 is 0 Å². The number of rotatable bonds is 5. The zero-order valence-corrected chi connectivity index (χ0v) is 8.73. The van der Waals surface area contributed by atoms with E-state index >= 15 is 0 Å². The molecular weight excluding hydrogens is 202 g/mol. The van der Waals surface area contributed by atoms with Gasteiger partial charge >= 0.3 is 0 Å². The van der Waals surface area contributed by atoms with Crippen molar-refractivity contribution < 1.29 is 13.6 Å². The second kappa shape index (κ2) is 4.84. The van der Waals surface area contributed by atoms with Crippen LogP contribution in [0.25, 0.3) is 0 Å². The second-order valence-corrected chi connectivity index (χ2v) is 3.14. The van der Waals surface area contributed by atoms with E-state index in [1.807, 2.05) is 5.43 Å². The lowest BCUT2D eigenvalue weighted by atomic mass is 10.0. The maximum absolute atomic E-state index is 13.3. The predicted octanol–water partition coefficient (Wildman–Crippen LogP) is 1.69. The smallest absolute Gasteiger partial charge is 0.293 e. The van der Waals surface area contributed by atoms with Crippen molar-refractivity contribution in [2.75, 3.05) is 0 Å². The summed E-state index contributed by atoms with van der Waals surface area (Å²) in [5.74, 6) is 1.31. The molecule has 5 heteroatoms. The molecule has 0 aromatic carbocycles. The SMILES string of the molecule is C=C(C)C(F)(F)C(=C)/C=C(\NN)C(C)=O. The zero-order valence-electron chi connectivity index (χ0n) is 8.73. The number of Topliss-reactive ketones (excluding diaryl/α,β-unsaturated/α-hetero) is 1. The molecule has 0 heterocycles. The molecule has 0 atom stereocenters. The Morgan fingerprint density at radius 2 is 1.87 bits per heavy atom. The Hall–Kier alpha value is -1.49. The number of ketones is 1. The summed E-state index contributed by atoms with van der Waals surface area (Å²) in [6, 6.07) is 0. The highest BCUT2D eigenvalue weighted by Crippen LogP contribution is 2.30. The van der Waals surface area contributed by atoms with E-state index in [1.54, 1.807) is 0 Å². The Kier molecular flexibility index (Phi) is 4.36. The Balaban J connectivity index is 5.04. The van der Waals surface area contributed by atoms with E-state index < -0.39 is 17.3 Å². The highest BCUT2D eigenvalue weighted by Gasteiger charge is 2.32. The van der Waals surface area contributed by atoms with Gasteiger partial charge in [-0.05, 0) is 18.6 Å². The fourth-order valence-corrected chi connectivity index (χ4v) is 0.784. The molecule has 3 N–H and O–H groups in total. The highest BCUT2D eigenvalue weighted by atomic mass is 19.3. The van der Waals surface area contributed by atoms with Crippen molar-refractivity contribution in [1.29, 1.82) is 0 Å². The molecule has 0 aliphatic heterocycles. The minimum atomic E-state index is -3.24. The summed E-state index contributed by atoms with van der Waals surface area (Å²) < 4.78 is 26.6. The van der Waals surface area contributed by atoms with Crippen LogP contribution in [0.4, 0.5) is 8.78 Å². The largest absolute Gasteiger partial charge is 0.321 e. The van der Waals surface area contributed by atoms with Crippen LogP contribution in [-0.2, 0) is 4.79 Å². The lowest BCUT2D eigenvalue weighted by Gasteiger charge is -2.17. The van der Waals surface area contributed by atoms with Crippen molar-refractivity contribution in [2.45, 2.75) is 19.8 Å². The molecule has 0 rings (SSSR count). The molecule has 0 spiro atoms. The van der Waals surface area contributed by atoms with Crippen LogP contribution in [0.5, 0.6) is 0 Å². The van der Waals surface area contributed by atoms with Gasteiger partial charge in [-0.1, -0.05) is 13.2 Å². The molecule has 0 aliphatic carbocycles. The first-order valence-corrected chi connectivity index (χ1v) is 4.16. The summed E-state index contributed by atoms with van der Waals surface area (Å²) >= 11 is 0. The average Bonchev–Trinajstić information content (AvgIpc) is 2.12. The van der Waals surface area contributed by atoms with Gasteiger partial charge in [0.25, 0.3) is 5.92 Å². The summed E-state index contributed by atoms with van der Waals surface area (Å²) in [6.07, 6.45) is 0.914. The summed E-state index contributed by atoms with van der Waals surface area (Å²) in [4.78, 5) is 10.9. The van der Waals surface area contributed by atoms with Gasteiger partial charge < -0.3 is 5.43 Å². The summed E-state index contributed by atoms with van der Waals surface area (Å²) in [6.45, 7) is 8.72. The number of nitrogens with two attached hydrogens (primary N) is 1. The van der Waals surface area contributed by atoms with Crippen molar-refractivity contribution in [3.8, 4) is 0 Å². The molecule has 0 fully saturated rings. The Labute approximate surface area is 87.3 Å². The van der Waals surface area contributed by atoms with Crippen LogP contribution in [0.15, 0.2) is 36.1 Å². The van der Waals surface area contributed by atoms with E-state index in [-0.39, 0.29) is 11.3 Å². The molecule has 3 nitrogen and oxygen atoms in total. The highest BCUT2D eigenvalue weighted by molar-refractivity contribution is 5.93. The van der Waals surface area contributed by atoms with E-state index in [2.05, 4.69) is 13.2 Å². The van der Waals surface area contributed by atoms with E-state index in [1.165, 1.54) is 13.8 Å². The van der Waals surface area contributed by atoms with Crippen molar-refractivity contribution in [3.05, 3.63) is 36.1 Å². The van der Waals surface area contributed by atoms with E-state index in [0.29, 0.717) is 0 Å². The molecular formula is C10H14F2N2O.